The third-order valence-electron chi connectivity index (χ3n) is 8.46. The molecule has 0 bridgehead atoms. The van der Waals surface area contributed by atoms with Crippen LogP contribution < -0.4 is 10.7 Å². The van der Waals surface area contributed by atoms with E-state index in [1.165, 1.54) is 10.8 Å². The second-order valence-corrected chi connectivity index (χ2v) is 16.7. The highest BCUT2D eigenvalue weighted by molar-refractivity contribution is 7.54. The van der Waals surface area contributed by atoms with Crippen molar-refractivity contribution < 1.29 is 50.7 Å². The molecule has 0 spiro atoms. The summed E-state index contributed by atoms with van der Waals surface area (Å²) in [6.45, 7) is 11.4. The number of ketones is 1. The van der Waals surface area contributed by atoms with Crippen molar-refractivity contribution >= 4 is 26.9 Å². The highest BCUT2D eigenvalue weighted by Crippen LogP contribution is 2.50. The first-order valence-corrected chi connectivity index (χ1v) is 20.3. The van der Waals surface area contributed by atoms with Crippen LogP contribution in [0.15, 0.2) is 29.2 Å². The van der Waals surface area contributed by atoms with Crippen LogP contribution in [-0.2, 0) is 40.3 Å². The van der Waals surface area contributed by atoms with E-state index in [-0.39, 0.29) is 63.1 Å². The second-order valence-electron chi connectivity index (χ2n) is 12.3. The largest absolute Gasteiger partial charge is 0.503 e. The van der Waals surface area contributed by atoms with Crippen LogP contribution in [0.2, 0.25) is 0 Å². The second kappa shape index (κ2) is 18.1. The van der Waals surface area contributed by atoms with Gasteiger partial charge in [-0.3, -0.25) is 28.4 Å². The molecule has 3 rings (SSSR count). The van der Waals surface area contributed by atoms with Crippen molar-refractivity contribution in [1.82, 2.24) is 14.8 Å². The first kappa shape index (κ1) is 41.6. The minimum atomic E-state index is -3.39. The fraction of sp³-hybridized carbons (Fsp3) is 0.606. The van der Waals surface area contributed by atoms with Gasteiger partial charge in [-0.1, -0.05) is 19.9 Å². The third-order valence-corrected chi connectivity index (χ3v) is 12.8. The Bertz CT molecular complexity index is 1610. The lowest BCUT2D eigenvalue weighted by molar-refractivity contribution is 0.0400. The molecule has 0 fully saturated rings. The summed E-state index contributed by atoms with van der Waals surface area (Å²) < 4.78 is 77.1. The summed E-state index contributed by atoms with van der Waals surface area (Å²) in [5, 5.41) is 13.4. The number of aromatic hydroxyl groups is 1. The number of nitrogens with zero attached hydrogens (tertiary/aromatic N) is 2. The van der Waals surface area contributed by atoms with E-state index in [2.05, 4.69) is 5.32 Å². The summed E-state index contributed by atoms with van der Waals surface area (Å²) in [6.07, 6.45) is 2.09. The van der Waals surface area contributed by atoms with Crippen molar-refractivity contribution in [3.63, 3.8) is 0 Å². The quantitative estimate of drug-likeness (QED) is 0.154. The molecule has 2 heterocycles. The molecule has 0 radical (unpaired) electrons. The van der Waals surface area contributed by atoms with Crippen molar-refractivity contribution in [3.8, 4) is 5.75 Å². The van der Waals surface area contributed by atoms with Gasteiger partial charge in [0.15, 0.2) is 11.5 Å². The van der Waals surface area contributed by atoms with Gasteiger partial charge in [0.1, 0.15) is 22.9 Å². The van der Waals surface area contributed by atoms with Gasteiger partial charge in [-0.25, -0.2) is 8.78 Å². The van der Waals surface area contributed by atoms with Crippen molar-refractivity contribution in [3.05, 3.63) is 63.1 Å². The summed E-state index contributed by atoms with van der Waals surface area (Å²) in [5.41, 5.74) is -2.99. The molecule has 1 aromatic heterocycles. The molecule has 0 saturated carbocycles. The standard InChI is InChI=1S/C33H49F2N3O10P2/c1-7-45-49(43,46-8-2)17-11-15-37(16-12-18-50(44,47-9-3)48-10-4)27-22-38-21-25(29(39)30(40)28(38)31(41)33(27,5)6)32(42)36-20-23-13-14-24(34)19-26(23)35/h13-14,19,21,27,40H,7-12,15-18,20,22H2,1-6H3,(H,36,42). The highest BCUT2D eigenvalue weighted by Gasteiger charge is 2.47. The zero-order chi connectivity index (χ0) is 37.3. The Morgan fingerprint density at radius 3 is 1.96 bits per heavy atom. The number of carbonyl (C=O) groups excluding carboxylic acids is 2. The average molecular weight is 748 g/mol. The SMILES string of the molecule is CCOP(=O)(CCCN(CCCP(=O)(OCC)OCC)C1Cn2cc(C(=O)NCc3ccc(F)cc3F)c(=O)c(O)c2C(=O)C1(C)C)OCC. The Labute approximate surface area is 291 Å². The van der Waals surface area contributed by atoms with E-state index in [0.29, 0.717) is 32.0 Å². The van der Waals surface area contributed by atoms with Gasteiger partial charge in [0, 0.05) is 42.4 Å². The molecule has 1 aromatic carbocycles. The van der Waals surface area contributed by atoms with E-state index >= 15 is 0 Å². The predicted octanol–water partition coefficient (Wildman–Crippen LogP) is 5.97. The lowest BCUT2D eigenvalue weighted by atomic mass is 9.75. The average Bonchev–Trinajstić information content (AvgIpc) is 3.03. The number of hydrogen-bond donors (Lipinski definition) is 2. The number of fused-ring (bicyclic) bond motifs is 1. The molecule has 1 atom stereocenters. The maximum absolute atomic E-state index is 14.2. The number of pyridine rings is 1. The van der Waals surface area contributed by atoms with Crippen LogP contribution in [0, 0.1) is 17.0 Å². The van der Waals surface area contributed by atoms with Gasteiger partial charge in [0.2, 0.25) is 5.43 Å². The topological polar surface area (TPSA) is 163 Å². The number of carbonyl (C=O) groups is 2. The van der Waals surface area contributed by atoms with Crippen molar-refractivity contribution in [2.24, 2.45) is 5.41 Å². The molecule has 1 aliphatic rings. The van der Waals surface area contributed by atoms with Gasteiger partial charge in [-0.05, 0) is 59.7 Å². The number of nitrogens with one attached hydrogen (secondary N) is 1. The van der Waals surface area contributed by atoms with Crippen LogP contribution in [0.25, 0.3) is 0 Å². The summed E-state index contributed by atoms with van der Waals surface area (Å²) in [4.78, 5) is 42.3. The van der Waals surface area contributed by atoms with Crippen LogP contribution in [0.5, 0.6) is 5.75 Å². The zero-order valence-corrected chi connectivity index (χ0v) is 31.3. The van der Waals surface area contributed by atoms with Crippen molar-refractivity contribution in [1.29, 1.82) is 0 Å². The number of amides is 1. The van der Waals surface area contributed by atoms with Crippen molar-refractivity contribution in [2.45, 2.75) is 73.5 Å². The van der Waals surface area contributed by atoms with E-state index in [9.17, 15) is 37.4 Å². The predicted molar refractivity (Wildman–Crippen MR) is 184 cm³/mol. The minimum Gasteiger partial charge on any atom is -0.503 e. The fourth-order valence-electron chi connectivity index (χ4n) is 6.05. The van der Waals surface area contributed by atoms with E-state index in [4.69, 9.17) is 18.1 Å². The first-order valence-electron chi connectivity index (χ1n) is 16.8. The van der Waals surface area contributed by atoms with Gasteiger partial charge in [-0.15, -0.1) is 0 Å². The molecule has 1 aliphatic heterocycles. The molecule has 0 aliphatic carbocycles. The Morgan fingerprint density at radius 1 is 0.960 bits per heavy atom. The Kier molecular flexibility index (Phi) is 15.1. The maximum atomic E-state index is 14.2. The summed E-state index contributed by atoms with van der Waals surface area (Å²) in [7, 11) is -6.77. The van der Waals surface area contributed by atoms with Gasteiger partial charge < -0.3 is 33.1 Å². The minimum absolute atomic E-state index is 0.0221. The zero-order valence-electron chi connectivity index (χ0n) is 29.5. The highest BCUT2D eigenvalue weighted by atomic mass is 31.2. The van der Waals surface area contributed by atoms with Crippen LogP contribution in [0.1, 0.15) is 80.8 Å². The van der Waals surface area contributed by atoms with Gasteiger partial charge in [-0.2, -0.15) is 0 Å². The van der Waals surface area contributed by atoms with Gasteiger partial charge in [0.25, 0.3) is 5.91 Å². The number of rotatable bonds is 20. The molecule has 17 heteroatoms. The van der Waals surface area contributed by atoms with E-state index in [0.717, 1.165) is 12.1 Å². The molecule has 2 N–H and O–H groups in total. The molecule has 0 saturated heterocycles. The monoisotopic (exact) mass is 747 g/mol. The first-order chi connectivity index (χ1) is 23.6. The lowest BCUT2D eigenvalue weighted by Crippen LogP contribution is -2.56. The molecule has 2 aromatic rings. The number of Topliss-reactive ketones (excluding diaryl/α,β-unsaturated/α-hetero) is 1. The van der Waals surface area contributed by atoms with Gasteiger partial charge >= 0.3 is 15.2 Å². The van der Waals surface area contributed by atoms with Crippen LogP contribution in [-0.4, -0.2) is 84.1 Å². The Balaban J connectivity index is 1.95. The molecule has 1 amide bonds. The van der Waals surface area contributed by atoms with Gasteiger partial charge in [0.05, 0.1) is 38.8 Å². The Morgan fingerprint density at radius 2 is 1.48 bits per heavy atom. The molecule has 50 heavy (non-hydrogen) atoms. The normalized spacial score (nSPS) is 16.1. The number of benzene rings is 1. The fourth-order valence-corrected chi connectivity index (χ4v) is 9.35. The van der Waals surface area contributed by atoms with E-state index in [1.54, 1.807) is 41.5 Å². The Hall–Kier alpha value is -2.77. The van der Waals surface area contributed by atoms with Crippen LogP contribution in [0.3, 0.4) is 0 Å². The van der Waals surface area contributed by atoms with Crippen LogP contribution >= 0.6 is 15.2 Å². The molecule has 1 unspecified atom stereocenters. The number of aromatic nitrogens is 1. The third kappa shape index (κ3) is 10.2. The summed E-state index contributed by atoms with van der Waals surface area (Å²) in [6, 6.07) is 2.28. The molecular weight excluding hydrogens is 698 g/mol. The van der Waals surface area contributed by atoms with Crippen LogP contribution in [0.4, 0.5) is 8.78 Å². The van der Waals surface area contributed by atoms with Crippen molar-refractivity contribution in [2.75, 3.05) is 51.8 Å². The lowest BCUT2D eigenvalue weighted by Gasteiger charge is -2.45. The summed E-state index contributed by atoms with van der Waals surface area (Å²) >= 11 is 0. The number of halogens is 2. The molecular formula is C33H49F2N3O10P2. The van der Waals surface area contributed by atoms with E-state index < -0.39 is 66.7 Å². The molecule has 13 nitrogen and oxygen atoms in total. The summed E-state index contributed by atoms with van der Waals surface area (Å²) in [5.74, 6) is -4.04. The van der Waals surface area contributed by atoms with E-state index in [1.807, 2.05) is 4.90 Å². The smallest absolute Gasteiger partial charge is 0.330 e. The number of hydrogen-bond acceptors (Lipinski definition) is 11. The maximum Gasteiger partial charge on any atom is 0.330 e. The molecule has 280 valence electrons.